The zero-order valence-electron chi connectivity index (χ0n) is 12.7. The molecule has 22 heavy (non-hydrogen) atoms. The topological polar surface area (TPSA) is 72.3 Å². The Labute approximate surface area is 130 Å². The van der Waals surface area contributed by atoms with Crippen LogP contribution in [0.15, 0.2) is 23.4 Å². The van der Waals surface area contributed by atoms with Gasteiger partial charge in [-0.3, -0.25) is 9.48 Å². The number of aromatic nitrogens is 2. The van der Waals surface area contributed by atoms with Gasteiger partial charge in [-0.25, -0.2) is 8.42 Å². The maximum Gasteiger partial charge on any atom is 0.250 e. The zero-order valence-corrected chi connectivity index (χ0v) is 13.6. The fourth-order valence-electron chi connectivity index (χ4n) is 3.23. The van der Waals surface area contributed by atoms with Gasteiger partial charge in [0.05, 0.1) is 11.9 Å². The van der Waals surface area contributed by atoms with Crippen molar-refractivity contribution in [1.29, 1.82) is 0 Å². The molecule has 0 unspecified atom stereocenters. The van der Waals surface area contributed by atoms with Gasteiger partial charge in [-0.2, -0.15) is 5.10 Å². The van der Waals surface area contributed by atoms with E-state index in [0.29, 0.717) is 37.4 Å². The van der Waals surface area contributed by atoms with Gasteiger partial charge in [0.1, 0.15) is 0 Å². The SMILES string of the molecule is Cn1cc(C2CCN(C(=O)C3=CS(=O)(=O)CCC3)CC2)cn1. The fraction of sp³-hybridized carbons (Fsp3) is 0.600. The maximum atomic E-state index is 12.5. The van der Waals surface area contributed by atoms with E-state index in [9.17, 15) is 13.2 Å². The fourth-order valence-corrected chi connectivity index (χ4v) is 4.54. The smallest absolute Gasteiger partial charge is 0.250 e. The second-order valence-corrected chi connectivity index (χ2v) is 8.10. The average molecular weight is 323 g/mol. The molecule has 0 bridgehead atoms. The minimum absolute atomic E-state index is 0.104. The van der Waals surface area contributed by atoms with Gasteiger partial charge in [-0.05, 0) is 37.2 Å². The van der Waals surface area contributed by atoms with Gasteiger partial charge in [0.25, 0.3) is 0 Å². The van der Waals surface area contributed by atoms with Crippen LogP contribution in [-0.2, 0) is 21.7 Å². The number of likely N-dealkylation sites (tertiary alicyclic amines) is 1. The summed E-state index contributed by atoms with van der Waals surface area (Å²) in [6.07, 6.45) is 6.83. The van der Waals surface area contributed by atoms with Crippen LogP contribution in [-0.4, -0.2) is 47.8 Å². The first-order valence-electron chi connectivity index (χ1n) is 7.66. The second kappa shape index (κ2) is 5.87. The summed E-state index contributed by atoms with van der Waals surface area (Å²) in [4.78, 5) is 14.3. The van der Waals surface area contributed by atoms with Crippen LogP contribution in [0.3, 0.4) is 0 Å². The van der Waals surface area contributed by atoms with Gasteiger partial charge in [0.15, 0.2) is 9.84 Å². The molecule has 0 atom stereocenters. The molecule has 0 spiro atoms. The predicted octanol–water partition coefficient (Wildman–Crippen LogP) is 1.22. The van der Waals surface area contributed by atoms with E-state index in [4.69, 9.17) is 0 Å². The Morgan fingerprint density at radius 1 is 1.32 bits per heavy atom. The normalized spacial score (nSPS) is 22.4. The summed E-state index contributed by atoms with van der Waals surface area (Å²) < 4.78 is 25.1. The van der Waals surface area contributed by atoms with E-state index in [-0.39, 0.29) is 11.7 Å². The molecule has 7 heteroatoms. The van der Waals surface area contributed by atoms with Gasteiger partial charge in [-0.1, -0.05) is 0 Å². The van der Waals surface area contributed by atoms with E-state index >= 15 is 0 Å². The summed E-state index contributed by atoms with van der Waals surface area (Å²) in [5.41, 5.74) is 1.67. The van der Waals surface area contributed by atoms with E-state index in [0.717, 1.165) is 12.8 Å². The molecule has 0 aliphatic carbocycles. The predicted molar refractivity (Wildman–Crippen MR) is 82.9 cm³/mol. The van der Waals surface area contributed by atoms with Crippen molar-refractivity contribution in [3.05, 3.63) is 28.9 Å². The highest BCUT2D eigenvalue weighted by Crippen LogP contribution is 2.29. The molecule has 3 heterocycles. The third-order valence-corrected chi connectivity index (χ3v) is 5.95. The summed E-state index contributed by atoms with van der Waals surface area (Å²) in [7, 11) is -1.29. The molecule has 1 amide bonds. The highest BCUT2D eigenvalue weighted by Gasteiger charge is 2.28. The first kappa shape index (κ1) is 15.3. The third-order valence-electron chi connectivity index (χ3n) is 4.45. The molecule has 0 radical (unpaired) electrons. The quantitative estimate of drug-likeness (QED) is 0.820. The van der Waals surface area contributed by atoms with Crippen molar-refractivity contribution in [2.45, 2.75) is 31.6 Å². The molecule has 2 aliphatic heterocycles. The van der Waals surface area contributed by atoms with Gasteiger partial charge >= 0.3 is 0 Å². The van der Waals surface area contributed by atoms with Gasteiger partial charge < -0.3 is 4.90 Å². The monoisotopic (exact) mass is 323 g/mol. The number of sulfone groups is 1. The Morgan fingerprint density at radius 3 is 2.64 bits per heavy atom. The Morgan fingerprint density at radius 2 is 2.05 bits per heavy atom. The maximum absolute atomic E-state index is 12.5. The number of carbonyl (C=O) groups excluding carboxylic acids is 1. The molecule has 1 aromatic rings. The van der Waals surface area contributed by atoms with Crippen LogP contribution in [0.25, 0.3) is 0 Å². The highest BCUT2D eigenvalue weighted by molar-refractivity contribution is 7.94. The standard InChI is InChI=1S/C15H21N3O3S/c1-17-10-14(9-16-17)12-4-6-18(7-5-12)15(19)13-3-2-8-22(20,21)11-13/h9-12H,2-8H2,1H3. The number of aryl methyl sites for hydroxylation is 1. The molecule has 1 aromatic heterocycles. The largest absolute Gasteiger partial charge is 0.339 e. The van der Waals surface area contributed by atoms with Crippen LogP contribution in [0.1, 0.15) is 37.2 Å². The van der Waals surface area contributed by atoms with E-state index in [2.05, 4.69) is 5.10 Å². The van der Waals surface area contributed by atoms with Gasteiger partial charge in [0, 0.05) is 37.3 Å². The molecular weight excluding hydrogens is 302 g/mol. The number of carbonyl (C=O) groups is 1. The van der Waals surface area contributed by atoms with Crippen molar-refractivity contribution >= 4 is 15.7 Å². The summed E-state index contributed by atoms with van der Waals surface area (Å²) in [6.45, 7) is 1.35. The first-order valence-corrected chi connectivity index (χ1v) is 9.37. The van der Waals surface area contributed by atoms with Crippen molar-refractivity contribution in [3.63, 3.8) is 0 Å². The van der Waals surface area contributed by atoms with Crippen molar-refractivity contribution in [2.75, 3.05) is 18.8 Å². The molecule has 1 saturated heterocycles. The van der Waals surface area contributed by atoms with Crippen LogP contribution in [0.4, 0.5) is 0 Å². The van der Waals surface area contributed by atoms with Crippen LogP contribution in [0, 0.1) is 0 Å². The summed E-state index contributed by atoms with van der Waals surface area (Å²) >= 11 is 0. The van der Waals surface area contributed by atoms with Crippen LogP contribution in [0.2, 0.25) is 0 Å². The van der Waals surface area contributed by atoms with E-state index < -0.39 is 9.84 Å². The van der Waals surface area contributed by atoms with E-state index in [1.807, 2.05) is 19.4 Å². The molecule has 120 valence electrons. The number of amides is 1. The van der Waals surface area contributed by atoms with Gasteiger partial charge in [0.2, 0.25) is 5.91 Å². The lowest BCUT2D eigenvalue weighted by atomic mass is 9.91. The van der Waals surface area contributed by atoms with E-state index in [1.165, 1.54) is 11.0 Å². The number of nitrogens with zero attached hydrogens (tertiary/aromatic N) is 3. The van der Waals surface area contributed by atoms with Crippen molar-refractivity contribution in [2.24, 2.45) is 7.05 Å². The lowest BCUT2D eigenvalue weighted by molar-refractivity contribution is -0.128. The number of hydrogen-bond acceptors (Lipinski definition) is 4. The number of hydrogen-bond donors (Lipinski definition) is 0. The third kappa shape index (κ3) is 3.24. The Balaban J connectivity index is 1.64. The molecule has 0 saturated carbocycles. The highest BCUT2D eigenvalue weighted by atomic mass is 32.2. The van der Waals surface area contributed by atoms with Crippen LogP contribution < -0.4 is 0 Å². The first-order chi connectivity index (χ1) is 10.4. The summed E-state index contributed by atoms with van der Waals surface area (Å²) in [5, 5.41) is 5.38. The molecule has 3 rings (SSSR count). The molecule has 2 aliphatic rings. The number of piperidine rings is 1. The lowest BCUT2D eigenvalue weighted by Crippen LogP contribution is -2.39. The average Bonchev–Trinajstić information content (AvgIpc) is 2.92. The minimum atomic E-state index is -3.19. The molecule has 1 fully saturated rings. The minimum Gasteiger partial charge on any atom is -0.339 e. The summed E-state index contributed by atoms with van der Waals surface area (Å²) in [6, 6.07) is 0. The Kier molecular flexibility index (Phi) is 4.08. The molecule has 6 nitrogen and oxygen atoms in total. The zero-order chi connectivity index (χ0) is 15.7. The Hall–Kier alpha value is -1.63. The molecular formula is C15H21N3O3S. The Bertz CT molecular complexity index is 697. The lowest BCUT2D eigenvalue weighted by Gasteiger charge is -2.32. The molecule has 0 aromatic carbocycles. The van der Waals surface area contributed by atoms with Crippen LogP contribution in [0.5, 0.6) is 0 Å². The van der Waals surface area contributed by atoms with Gasteiger partial charge in [-0.15, -0.1) is 0 Å². The van der Waals surface area contributed by atoms with Crippen molar-refractivity contribution in [3.8, 4) is 0 Å². The molecule has 0 N–H and O–H groups in total. The van der Waals surface area contributed by atoms with Crippen molar-refractivity contribution < 1.29 is 13.2 Å². The number of rotatable bonds is 2. The second-order valence-electron chi connectivity index (χ2n) is 6.13. The van der Waals surface area contributed by atoms with Crippen molar-refractivity contribution in [1.82, 2.24) is 14.7 Å². The summed E-state index contributed by atoms with van der Waals surface area (Å²) in [5.74, 6) is 0.488. The van der Waals surface area contributed by atoms with Crippen LogP contribution >= 0.6 is 0 Å². The van der Waals surface area contributed by atoms with E-state index in [1.54, 1.807) is 9.58 Å².